The fourth-order valence-corrected chi connectivity index (χ4v) is 7.53. The van der Waals surface area contributed by atoms with Crippen LogP contribution < -0.4 is 15.3 Å². The van der Waals surface area contributed by atoms with Gasteiger partial charge >= 0.3 is 0 Å². The lowest BCUT2D eigenvalue weighted by molar-refractivity contribution is 0.708. The van der Waals surface area contributed by atoms with Gasteiger partial charge in [0.05, 0.1) is 0 Å². The van der Waals surface area contributed by atoms with Crippen LogP contribution in [0, 0.1) is 0 Å². The van der Waals surface area contributed by atoms with E-state index in [0.717, 1.165) is 36.6 Å². The average molecular weight is 622 g/mol. The van der Waals surface area contributed by atoms with Crippen molar-refractivity contribution in [3.63, 3.8) is 0 Å². The van der Waals surface area contributed by atoms with Gasteiger partial charge in [-0.05, 0) is 92.5 Å². The lowest BCUT2D eigenvalue weighted by atomic mass is 9.80. The molecule has 0 amide bonds. The molecular weight excluding hydrogens is 579 g/mol. The molecule has 0 saturated carbocycles. The largest absolute Gasteiger partial charge is 0.320 e. The maximum Gasteiger partial charge on any atom is 0.0458 e. The first kappa shape index (κ1) is 31.2. The van der Waals surface area contributed by atoms with Gasteiger partial charge in [0.15, 0.2) is 0 Å². The van der Waals surface area contributed by atoms with E-state index in [1.54, 1.807) is 6.08 Å². The van der Waals surface area contributed by atoms with E-state index >= 15 is 0 Å². The number of nitrogens with zero attached hydrogens (tertiary/aromatic N) is 1. The molecule has 4 aliphatic rings. The molecule has 7 rings (SSSR count). The molecule has 0 unspecified atom stereocenters. The summed E-state index contributed by atoms with van der Waals surface area (Å²) in [6.45, 7) is 13.1. The molecule has 0 radical (unpaired) electrons. The molecule has 0 N–H and O–H groups in total. The molecule has 0 spiro atoms. The summed E-state index contributed by atoms with van der Waals surface area (Å²) >= 11 is 0. The Kier molecular flexibility index (Phi) is 8.70. The molecule has 48 heavy (non-hydrogen) atoms. The second-order valence-electron chi connectivity index (χ2n) is 13.4. The second-order valence-corrected chi connectivity index (χ2v) is 13.4. The lowest BCUT2D eigenvalue weighted by Gasteiger charge is -2.26. The third-order valence-electron chi connectivity index (χ3n) is 9.93. The van der Waals surface area contributed by atoms with Gasteiger partial charge < -0.3 is 4.90 Å². The topological polar surface area (TPSA) is 3.24 Å². The summed E-state index contributed by atoms with van der Waals surface area (Å²) in [5.74, 6) is 0. The lowest BCUT2D eigenvalue weighted by Crippen LogP contribution is -2.31. The first-order valence-electron chi connectivity index (χ1n) is 17.1. The fraction of sp³-hybridized carbons (Fsp3) is 0.149. The highest BCUT2D eigenvalue weighted by Gasteiger charge is 2.41. The van der Waals surface area contributed by atoms with Gasteiger partial charge in [0, 0.05) is 35.0 Å². The maximum atomic E-state index is 4.53. The zero-order valence-electron chi connectivity index (χ0n) is 28.1. The van der Waals surface area contributed by atoms with Gasteiger partial charge in [-0.1, -0.05) is 155 Å². The Balaban J connectivity index is 1.46. The van der Waals surface area contributed by atoms with E-state index in [9.17, 15) is 0 Å². The molecule has 0 atom stereocenters. The zero-order chi connectivity index (χ0) is 33.1. The summed E-state index contributed by atoms with van der Waals surface area (Å²) < 4.78 is 0. The highest BCUT2D eigenvalue weighted by Crippen LogP contribution is 2.53. The van der Waals surface area contributed by atoms with Gasteiger partial charge in [-0.15, -0.1) is 0 Å². The molecule has 3 aromatic rings. The van der Waals surface area contributed by atoms with Crippen molar-refractivity contribution < 1.29 is 0 Å². The Labute approximate surface area is 286 Å². The molecule has 0 bridgehead atoms. The van der Waals surface area contributed by atoms with Crippen molar-refractivity contribution in [2.24, 2.45) is 0 Å². The molecule has 1 heteroatoms. The zero-order valence-corrected chi connectivity index (χ0v) is 28.1. The standard InChI is InChI=1S/C47H43N/c1-5-6-7-9-19-35-29-30-40(31-35)48(39-25-16-24-38(32-39)36-20-13-14-21-36)33-43-45-42(37-22-10-8-11-23-37)27-17-28-44(45)47(3,4)46(43)41-26-15-12-18-34(41)2/h5-10,12-20,22,24-30,32-33H,1-2,11,21,23,31H2,3-4H3/b7-6-,19-9?,43-33?,46-41+. The van der Waals surface area contributed by atoms with E-state index in [-0.39, 0.29) is 5.41 Å². The van der Waals surface area contributed by atoms with Crippen LogP contribution in [0.4, 0.5) is 5.69 Å². The van der Waals surface area contributed by atoms with Crippen molar-refractivity contribution in [1.29, 1.82) is 0 Å². The van der Waals surface area contributed by atoms with Crippen LogP contribution in [-0.4, -0.2) is 0 Å². The molecule has 0 heterocycles. The summed E-state index contributed by atoms with van der Waals surface area (Å²) in [6, 6.07) is 24.6. The normalized spacial score (nSPS) is 19.9. The van der Waals surface area contributed by atoms with E-state index in [1.165, 1.54) is 61.0 Å². The van der Waals surface area contributed by atoms with Crippen LogP contribution in [0.3, 0.4) is 0 Å². The van der Waals surface area contributed by atoms with Crippen LogP contribution in [0.5, 0.6) is 0 Å². The van der Waals surface area contributed by atoms with E-state index in [2.05, 4.69) is 166 Å². The van der Waals surface area contributed by atoms with Crippen LogP contribution in [0.25, 0.3) is 28.9 Å². The average Bonchev–Trinajstić information content (AvgIpc) is 3.86. The molecule has 236 valence electrons. The predicted molar refractivity (Wildman–Crippen MR) is 208 cm³/mol. The number of fused-ring (bicyclic) bond motifs is 1. The van der Waals surface area contributed by atoms with Crippen LogP contribution in [0.15, 0.2) is 170 Å². The van der Waals surface area contributed by atoms with Gasteiger partial charge in [0.1, 0.15) is 0 Å². The van der Waals surface area contributed by atoms with Crippen LogP contribution >= 0.6 is 0 Å². The highest BCUT2D eigenvalue weighted by atomic mass is 15.1. The highest BCUT2D eigenvalue weighted by molar-refractivity contribution is 6.10. The Morgan fingerprint density at radius 3 is 2.44 bits per heavy atom. The number of anilines is 1. The summed E-state index contributed by atoms with van der Waals surface area (Å²) in [6.07, 6.45) is 34.4. The van der Waals surface area contributed by atoms with E-state index in [4.69, 9.17) is 0 Å². The van der Waals surface area contributed by atoms with Crippen molar-refractivity contribution in [3.05, 3.63) is 202 Å². The Morgan fingerprint density at radius 1 is 0.812 bits per heavy atom. The van der Waals surface area contributed by atoms with Gasteiger partial charge in [0.25, 0.3) is 0 Å². The van der Waals surface area contributed by atoms with Crippen molar-refractivity contribution >= 4 is 34.6 Å². The van der Waals surface area contributed by atoms with Crippen LogP contribution in [0.2, 0.25) is 0 Å². The molecule has 0 saturated heterocycles. The Morgan fingerprint density at radius 2 is 1.65 bits per heavy atom. The number of hydrogen-bond donors (Lipinski definition) is 0. The van der Waals surface area contributed by atoms with Crippen LogP contribution in [-0.2, 0) is 5.41 Å². The minimum Gasteiger partial charge on any atom is -0.320 e. The van der Waals surface area contributed by atoms with Gasteiger partial charge in [0.2, 0.25) is 0 Å². The number of allylic oxidation sites excluding steroid dienone is 17. The summed E-state index contributed by atoms with van der Waals surface area (Å²) in [5, 5.41) is 2.26. The third-order valence-corrected chi connectivity index (χ3v) is 9.93. The quantitative estimate of drug-likeness (QED) is 0.226. The third kappa shape index (κ3) is 5.93. The van der Waals surface area contributed by atoms with Crippen molar-refractivity contribution in [2.45, 2.75) is 44.9 Å². The number of rotatable bonds is 8. The minimum absolute atomic E-state index is 0.225. The predicted octanol–water partition coefficient (Wildman–Crippen LogP) is 10.7. The molecule has 0 aliphatic heterocycles. The Bertz CT molecular complexity index is 2180. The molecule has 1 nitrogen and oxygen atoms in total. The summed E-state index contributed by atoms with van der Waals surface area (Å²) in [4.78, 5) is 2.45. The van der Waals surface area contributed by atoms with E-state index in [0.29, 0.717) is 0 Å². The first-order valence-corrected chi connectivity index (χ1v) is 17.1. The first-order chi connectivity index (χ1) is 23.5. The monoisotopic (exact) mass is 621 g/mol. The van der Waals surface area contributed by atoms with Gasteiger partial charge in [-0.3, -0.25) is 0 Å². The Hall–Kier alpha value is -5.40. The van der Waals surface area contributed by atoms with Crippen LogP contribution in [0.1, 0.15) is 61.8 Å². The maximum absolute atomic E-state index is 4.53. The van der Waals surface area contributed by atoms with Crippen molar-refractivity contribution in [3.8, 4) is 0 Å². The fourth-order valence-electron chi connectivity index (χ4n) is 7.53. The minimum atomic E-state index is -0.225. The second kappa shape index (κ2) is 13.4. The number of hydrogen-bond acceptors (Lipinski definition) is 1. The number of benzene rings is 3. The summed E-state index contributed by atoms with van der Waals surface area (Å²) in [5.41, 5.74) is 14.1. The van der Waals surface area contributed by atoms with E-state index < -0.39 is 0 Å². The smallest absolute Gasteiger partial charge is 0.0458 e. The SMILES string of the molecule is C=C/C=C\C=CC1=CC=C(N(C=C2/C(=c3/ccccc3=C)C(C)(C)c3cccc(C4=CC=CCC4)c32)c2cccc(C3=CC=CC3)c2)C1. The summed E-state index contributed by atoms with van der Waals surface area (Å²) in [7, 11) is 0. The molecule has 0 aromatic heterocycles. The molecule has 3 aromatic carbocycles. The molecular formula is C47H43N. The van der Waals surface area contributed by atoms with Crippen molar-refractivity contribution in [1.82, 2.24) is 0 Å². The van der Waals surface area contributed by atoms with Gasteiger partial charge in [-0.25, -0.2) is 0 Å². The molecule has 4 aliphatic carbocycles. The van der Waals surface area contributed by atoms with E-state index in [1.807, 2.05) is 12.2 Å². The van der Waals surface area contributed by atoms with Gasteiger partial charge in [-0.2, -0.15) is 0 Å². The molecule has 0 fully saturated rings. The van der Waals surface area contributed by atoms with Crippen molar-refractivity contribution in [2.75, 3.05) is 4.90 Å².